The monoisotopic (exact) mass is 289 g/mol. The maximum Gasteiger partial charge on any atom is 0.321 e. The maximum atomic E-state index is 11.7. The molecule has 2 heterocycles. The minimum Gasteiger partial charge on any atom is -0.493 e. The molecule has 0 amide bonds. The predicted molar refractivity (Wildman–Crippen MR) is 80.7 cm³/mol. The number of carbonyl (C=O) groups is 1. The molecular weight excluding hydrogens is 266 g/mol. The summed E-state index contributed by atoms with van der Waals surface area (Å²) in [5.41, 5.74) is 1.04. The molecule has 3 rings (SSSR count). The van der Waals surface area contributed by atoms with E-state index in [1.165, 1.54) is 5.56 Å². The van der Waals surface area contributed by atoms with E-state index in [1.807, 2.05) is 18.2 Å². The Morgan fingerprint density at radius 3 is 2.95 bits per heavy atom. The van der Waals surface area contributed by atoms with Gasteiger partial charge in [0, 0.05) is 18.0 Å². The minimum atomic E-state index is -0.702. The molecule has 0 saturated carbocycles. The number of fused-ring (bicyclic) bond motifs is 1. The van der Waals surface area contributed by atoms with Gasteiger partial charge in [0.1, 0.15) is 11.8 Å². The van der Waals surface area contributed by atoms with E-state index in [2.05, 4.69) is 24.8 Å². The van der Waals surface area contributed by atoms with Crippen LogP contribution in [0.3, 0.4) is 0 Å². The summed E-state index contributed by atoms with van der Waals surface area (Å²) in [7, 11) is 0. The van der Waals surface area contributed by atoms with E-state index in [0.717, 1.165) is 31.7 Å². The number of carboxylic acid groups (broad SMARTS) is 1. The van der Waals surface area contributed by atoms with Gasteiger partial charge in [0.15, 0.2) is 0 Å². The minimum absolute atomic E-state index is 0.178. The van der Waals surface area contributed by atoms with Crippen molar-refractivity contribution in [3.05, 3.63) is 29.8 Å². The number of ether oxygens (including phenoxy) is 1. The summed E-state index contributed by atoms with van der Waals surface area (Å²) in [6, 6.07) is 7.68. The largest absolute Gasteiger partial charge is 0.493 e. The fourth-order valence-corrected chi connectivity index (χ4v) is 3.85. The SMILES string of the molecule is CC1(C)CCCN(CC2COc3ccccc32)C1C(=O)O. The lowest BCUT2D eigenvalue weighted by molar-refractivity contribution is -0.150. The lowest BCUT2D eigenvalue weighted by atomic mass is 9.76. The zero-order valence-corrected chi connectivity index (χ0v) is 12.7. The molecule has 1 fully saturated rings. The molecule has 1 aromatic carbocycles. The molecule has 1 aromatic rings. The molecule has 0 aromatic heterocycles. The Hall–Kier alpha value is -1.55. The number of rotatable bonds is 3. The number of hydrogen-bond donors (Lipinski definition) is 1. The third-order valence-corrected chi connectivity index (χ3v) is 4.86. The fourth-order valence-electron chi connectivity index (χ4n) is 3.85. The quantitative estimate of drug-likeness (QED) is 0.929. The maximum absolute atomic E-state index is 11.7. The molecule has 1 N–H and O–H groups in total. The number of piperidine rings is 1. The van der Waals surface area contributed by atoms with Crippen LogP contribution in [0.4, 0.5) is 0 Å². The van der Waals surface area contributed by atoms with Gasteiger partial charge < -0.3 is 9.84 Å². The topological polar surface area (TPSA) is 49.8 Å². The van der Waals surface area contributed by atoms with E-state index in [4.69, 9.17) is 4.74 Å². The van der Waals surface area contributed by atoms with Crippen LogP contribution in [0.15, 0.2) is 24.3 Å². The van der Waals surface area contributed by atoms with E-state index >= 15 is 0 Å². The van der Waals surface area contributed by atoms with Gasteiger partial charge in [0.05, 0.1) is 6.61 Å². The molecule has 0 radical (unpaired) electrons. The Morgan fingerprint density at radius 1 is 1.43 bits per heavy atom. The first-order chi connectivity index (χ1) is 9.99. The van der Waals surface area contributed by atoms with E-state index in [-0.39, 0.29) is 11.3 Å². The highest BCUT2D eigenvalue weighted by Gasteiger charge is 2.43. The molecule has 114 valence electrons. The lowest BCUT2D eigenvalue weighted by Crippen LogP contribution is -2.55. The van der Waals surface area contributed by atoms with Crippen molar-refractivity contribution in [2.24, 2.45) is 5.41 Å². The van der Waals surface area contributed by atoms with Crippen LogP contribution in [0.5, 0.6) is 5.75 Å². The number of aliphatic carboxylic acids is 1. The Labute approximate surface area is 125 Å². The average Bonchev–Trinajstić information content (AvgIpc) is 2.81. The highest BCUT2D eigenvalue weighted by molar-refractivity contribution is 5.74. The van der Waals surface area contributed by atoms with Crippen LogP contribution in [0, 0.1) is 5.41 Å². The molecule has 0 spiro atoms. The predicted octanol–water partition coefficient (Wildman–Crippen LogP) is 2.74. The van der Waals surface area contributed by atoms with Crippen molar-refractivity contribution in [1.82, 2.24) is 4.90 Å². The molecule has 21 heavy (non-hydrogen) atoms. The van der Waals surface area contributed by atoms with Gasteiger partial charge in [-0.05, 0) is 30.9 Å². The number of nitrogens with zero attached hydrogens (tertiary/aromatic N) is 1. The standard InChI is InChI=1S/C17H23NO3/c1-17(2)8-5-9-18(15(17)16(19)20)10-12-11-21-14-7-4-3-6-13(12)14/h3-4,6-7,12,15H,5,8-11H2,1-2H3,(H,19,20). The van der Waals surface area contributed by atoms with E-state index in [0.29, 0.717) is 6.61 Å². The van der Waals surface area contributed by atoms with Gasteiger partial charge >= 0.3 is 5.97 Å². The third kappa shape index (κ3) is 2.64. The Morgan fingerprint density at radius 2 is 2.19 bits per heavy atom. The molecule has 0 bridgehead atoms. The molecule has 2 unspecified atom stereocenters. The van der Waals surface area contributed by atoms with Crippen molar-refractivity contribution in [3.8, 4) is 5.75 Å². The number of para-hydroxylation sites is 1. The molecule has 1 saturated heterocycles. The molecule has 2 atom stereocenters. The third-order valence-electron chi connectivity index (χ3n) is 4.86. The molecule has 2 aliphatic heterocycles. The van der Waals surface area contributed by atoms with Gasteiger partial charge in [0.25, 0.3) is 0 Å². The average molecular weight is 289 g/mol. The van der Waals surface area contributed by atoms with Crippen molar-refractivity contribution in [1.29, 1.82) is 0 Å². The van der Waals surface area contributed by atoms with Gasteiger partial charge in [-0.1, -0.05) is 32.0 Å². The Bertz CT molecular complexity index is 541. The second-order valence-corrected chi connectivity index (χ2v) is 6.87. The van der Waals surface area contributed by atoms with E-state index < -0.39 is 12.0 Å². The molecular formula is C17H23NO3. The van der Waals surface area contributed by atoms with Crippen molar-refractivity contribution in [3.63, 3.8) is 0 Å². The van der Waals surface area contributed by atoms with Crippen LogP contribution in [0.2, 0.25) is 0 Å². The fraction of sp³-hybridized carbons (Fsp3) is 0.588. The van der Waals surface area contributed by atoms with Crippen LogP contribution < -0.4 is 4.74 Å². The van der Waals surface area contributed by atoms with Crippen LogP contribution in [-0.2, 0) is 4.79 Å². The van der Waals surface area contributed by atoms with Gasteiger partial charge in [-0.15, -0.1) is 0 Å². The van der Waals surface area contributed by atoms with Crippen molar-refractivity contribution in [2.45, 2.75) is 38.6 Å². The summed E-state index contributed by atoms with van der Waals surface area (Å²) in [4.78, 5) is 13.9. The second kappa shape index (κ2) is 5.34. The highest BCUT2D eigenvalue weighted by atomic mass is 16.5. The summed E-state index contributed by atoms with van der Waals surface area (Å²) in [6.07, 6.45) is 2.03. The summed E-state index contributed by atoms with van der Waals surface area (Å²) in [6.45, 7) is 6.41. The van der Waals surface area contributed by atoms with Crippen molar-refractivity contribution >= 4 is 5.97 Å². The first-order valence-corrected chi connectivity index (χ1v) is 7.67. The van der Waals surface area contributed by atoms with Crippen LogP contribution in [0.25, 0.3) is 0 Å². The van der Waals surface area contributed by atoms with Gasteiger partial charge in [0.2, 0.25) is 0 Å². The first kappa shape index (κ1) is 14.4. The number of carboxylic acids is 1. The number of benzene rings is 1. The smallest absolute Gasteiger partial charge is 0.321 e. The summed E-state index contributed by atoms with van der Waals surface area (Å²) in [5, 5.41) is 9.64. The van der Waals surface area contributed by atoms with Gasteiger partial charge in [-0.25, -0.2) is 0 Å². The summed E-state index contributed by atoms with van der Waals surface area (Å²) < 4.78 is 5.73. The zero-order chi connectivity index (χ0) is 15.0. The highest BCUT2D eigenvalue weighted by Crippen LogP contribution is 2.39. The molecule has 4 nitrogen and oxygen atoms in total. The number of hydrogen-bond acceptors (Lipinski definition) is 3. The van der Waals surface area contributed by atoms with Crippen LogP contribution in [0.1, 0.15) is 38.2 Å². The van der Waals surface area contributed by atoms with E-state index in [1.54, 1.807) is 0 Å². The van der Waals surface area contributed by atoms with E-state index in [9.17, 15) is 9.90 Å². The number of likely N-dealkylation sites (tertiary alicyclic amines) is 1. The summed E-state index contributed by atoms with van der Waals surface area (Å²) in [5.74, 6) is 0.523. The molecule has 0 aliphatic carbocycles. The lowest BCUT2D eigenvalue weighted by Gasteiger charge is -2.44. The zero-order valence-electron chi connectivity index (χ0n) is 12.7. The second-order valence-electron chi connectivity index (χ2n) is 6.87. The first-order valence-electron chi connectivity index (χ1n) is 7.67. The van der Waals surface area contributed by atoms with Crippen molar-refractivity contribution in [2.75, 3.05) is 19.7 Å². The Balaban J connectivity index is 1.79. The summed E-state index contributed by atoms with van der Waals surface area (Å²) >= 11 is 0. The van der Waals surface area contributed by atoms with Crippen LogP contribution in [-0.4, -0.2) is 41.7 Å². The van der Waals surface area contributed by atoms with Gasteiger partial charge in [-0.3, -0.25) is 9.69 Å². The van der Waals surface area contributed by atoms with Crippen molar-refractivity contribution < 1.29 is 14.6 Å². The molecule has 2 aliphatic rings. The normalized spacial score (nSPS) is 27.9. The van der Waals surface area contributed by atoms with Crippen LogP contribution >= 0.6 is 0 Å². The Kier molecular flexibility index (Phi) is 3.66. The van der Waals surface area contributed by atoms with Gasteiger partial charge in [-0.2, -0.15) is 0 Å². The molecule has 4 heteroatoms.